The van der Waals surface area contributed by atoms with Crippen molar-refractivity contribution in [1.29, 1.82) is 5.26 Å². The van der Waals surface area contributed by atoms with Gasteiger partial charge in [0.05, 0.1) is 6.07 Å². The van der Waals surface area contributed by atoms with E-state index in [-0.39, 0.29) is 24.4 Å². The van der Waals surface area contributed by atoms with Crippen molar-refractivity contribution in [2.45, 2.75) is 51.4 Å². The van der Waals surface area contributed by atoms with Gasteiger partial charge in [-0.15, -0.1) is 11.3 Å². The maximum Gasteiger partial charge on any atom is 0.163 e. The Morgan fingerprint density at radius 1 is 1.24 bits per heavy atom. The van der Waals surface area contributed by atoms with Crippen molar-refractivity contribution in [3.8, 4) is 6.07 Å². The van der Waals surface area contributed by atoms with E-state index in [1.54, 1.807) is 0 Å². The highest BCUT2D eigenvalue weighted by Gasteiger charge is 2.24. The van der Waals surface area contributed by atoms with Gasteiger partial charge in [-0.25, -0.2) is 4.98 Å². The summed E-state index contributed by atoms with van der Waals surface area (Å²) >= 11 is 1.32. The van der Waals surface area contributed by atoms with Gasteiger partial charge < -0.3 is 0 Å². The summed E-state index contributed by atoms with van der Waals surface area (Å²) < 4.78 is 0. The van der Waals surface area contributed by atoms with E-state index in [1.807, 2.05) is 36.6 Å². The van der Waals surface area contributed by atoms with Gasteiger partial charge in [-0.3, -0.25) is 9.59 Å². The fourth-order valence-electron chi connectivity index (χ4n) is 3.20. The smallest absolute Gasteiger partial charge is 0.163 e. The molecule has 1 aliphatic rings. The molecule has 1 aromatic heterocycles. The van der Waals surface area contributed by atoms with Crippen LogP contribution in [0.25, 0.3) is 0 Å². The minimum Gasteiger partial charge on any atom is -0.298 e. The number of ketones is 2. The SMILES string of the molecule is Cc1csc([C@H](C#N)C(=O)CCC(=O)c2ccc3c(c2)CCCC3)n1. The van der Waals surface area contributed by atoms with Crippen LogP contribution in [0.2, 0.25) is 0 Å². The minimum absolute atomic E-state index is 0.0336. The lowest BCUT2D eigenvalue weighted by Crippen LogP contribution is -2.13. The van der Waals surface area contributed by atoms with Gasteiger partial charge in [0.25, 0.3) is 0 Å². The number of hydrogen-bond acceptors (Lipinski definition) is 5. The van der Waals surface area contributed by atoms with Crippen molar-refractivity contribution in [1.82, 2.24) is 4.98 Å². The highest BCUT2D eigenvalue weighted by Crippen LogP contribution is 2.25. The molecule has 0 N–H and O–H groups in total. The van der Waals surface area contributed by atoms with Gasteiger partial charge >= 0.3 is 0 Å². The number of hydrogen-bond donors (Lipinski definition) is 0. The molecule has 0 spiro atoms. The van der Waals surface area contributed by atoms with Gasteiger partial charge in [0.1, 0.15) is 5.01 Å². The van der Waals surface area contributed by atoms with E-state index in [0.717, 1.165) is 18.5 Å². The lowest BCUT2D eigenvalue weighted by Gasteiger charge is -2.16. The number of rotatable bonds is 6. The number of thiazole rings is 1. The highest BCUT2D eigenvalue weighted by molar-refractivity contribution is 7.09. The first-order chi connectivity index (χ1) is 12.1. The molecular weight excluding hydrogens is 332 g/mol. The Morgan fingerprint density at radius 3 is 2.68 bits per heavy atom. The monoisotopic (exact) mass is 352 g/mol. The Kier molecular flexibility index (Phi) is 5.40. The topological polar surface area (TPSA) is 70.8 Å². The second-order valence-corrected chi connectivity index (χ2v) is 7.36. The summed E-state index contributed by atoms with van der Waals surface area (Å²) in [6, 6.07) is 7.91. The van der Waals surface area contributed by atoms with Crippen LogP contribution in [-0.4, -0.2) is 16.6 Å². The van der Waals surface area contributed by atoms with Crippen LogP contribution >= 0.6 is 11.3 Å². The van der Waals surface area contributed by atoms with Crippen molar-refractivity contribution in [2.75, 3.05) is 0 Å². The molecule has 0 radical (unpaired) electrons. The molecule has 3 rings (SSSR count). The summed E-state index contributed by atoms with van der Waals surface area (Å²) in [5, 5.41) is 11.6. The molecule has 0 aliphatic heterocycles. The first-order valence-corrected chi connectivity index (χ1v) is 9.46. The molecule has 1 aliphatic carbocycles. The van der Waals surface area contributed by atoms with Crippen LogP contribution in [-0.2, 0) is 17.6 Å². The Morgan fingerprint density at radius 2 is 2.00 bits per heavy atom. The fourth-order valence-corrected chi connectivity index (χ4v) is 4.06. The van der Waals surface area contributed by atoms with Crippen molar-refractivity contribution in [3.05, 3.63) is 51.0 Å². The minimum atomic E-state index is -0.866. The predicted molar refractivity (Wildman–Crippen MR) is 96.9 cm³/mol. The standard InChI is InChI=1S/C20H20N2O2S/c1-13-12-25-20(22-13)17(11-21)19(24)9-8-18(23)16-7-6-14-4-2-3-5-15(14)10-16/h6-7,10,12,17H,2-5,8-9H2,1H3/t17-/m1/s1. The number of aromatic nitrogens is 1. The van der Waals surface area contributed by atoms with Crippen LogP contribution in [0, 0.1) is 18.3 Å². The molecule has 0 amide bonds. The Labute approximate surface area is 151 Å². The van der Waals surface area contributed by atoms with Gasteiger partial charge in [0.2, 0.25) is 0 Å². The molecule has 1 aromatic carbocycles. The van der Waals surface area contributed by atoms with Crippen LogP contribution in [0.5, 0.6) is 0 Å². The first kappa shape index (κ1) is 17.5. The van der Waals surface area contributed by atoms with E-state index in [4.69, 9.17) is 0 Å². The van der Waals surface area contributed by atoms with E-state index in [1.165, 1.54) is 35.3 Å². The zero-order valence-corrected chi connectivity index (χ0v) is 15.1. The summed E-state index contributed by atoms with van der Waals surface area (Å²) in [6.45, 7) is 1.83. The molecule has 0 saturated carbocycles. The van der Waals surface area contributed by atoms with Crippen molar-refractivity contribution >= 4 is 22.9 Å². The zero-order chi connectivity index (χ0) is 17.8. The molecule has 0 fully saturated rings. The van der Waals surface area contributed by atoms with Crippen molar-refractivity contribution in [3.63, 3.8) is 0 Å². The summed E-state index contributed by atoms with van der Waals surface area (Å²) in [7, 11) is 0. The Bertz CT molecular complexity index is 848. The molecule has 5 heteroatoms. The molecule has 0 saturated heterocycles. The zero-order valence-electron chi connectivity index (χ0n) is 14.2. The number of carbonyl (C=O) groups is 2. The van der Waals surface area contributed by atoms with Gasteiger partial charge in [0, 0.05) is 29.5 Å². The lowest BCUT2D eigenvalue weighted by atomic mass is 9.89. The number of benzene rings is 1. The van der Waals surface area contributed by atoms with E-state index < -0.39 is 5.92 Å². The van der Waals surface area contributed by atoms with Crippen molar-refractivity contribution in [2.24, 2.45) is 0 Å². The maximum absolute atomic E-state index is 12.4. The third kappa shape index (κ3) is 4.02. The van der Waals surface area contributed by atoms with Gasteiger partial charge in [0.15, 0.2) is 17.5 Å². The quantitative estimate of drug-likeness (QED) is 0.732. The first-order valence-electron chi connectivity index (χ1n) is 8.58. The molecule has 0 bridgehead atoms. The molecule has 0 unspecified atom stereocenters. The Hall–Kier alpha value is -2.32. The largest absolute Gasteiger partial charge is 0.298 e. The molecule has 1 heterocycles. The number of nitriles is 1. The highest BCUT2D eigenvalue weighted by atomic mass is 32.1. The summed E-state index contributed by atoms with van der Waals surface area (Å²) in [4.78, 5) is 29.0. The van der Waals surface area contributed by atoms with Gasteiger partial charge in [-0.05, 0) is 49.8 Å². The number of carbonyl (C=O) groups excluding carboxylic acids is 2. The second-order valence-electron chi connectivity index (χ2n) is 6.47. The van der Waals surface area contributed by atoms with Crippen LogP contribution < -0.4 is 0 Å². The van der Waals surface area contributed by atoms with Crippen LogP contribution in [0.15, 0.2) is 23.6 Å². The number of aryl methyl sites for hydroxylation is 3. The van der Waals surface area contributed by atoms with E-state index in [9.17, 15) is 14.9 Å². The second kappa shape index (κ2) is 7.71. The molecular formula is C20H20N2O2S. The molecule has 25 heavy (non-hydrogen) atoms. The van der Waals surface area contributed by atoms with Crippen LogP contribution in [0.4, 0.5) is 0 Å². The normalized spacial score (nSPS) is 14.4. The van der Waals surface area contributed by atoms with E-state index in [0.29, 0.717) is 10.6 Å². The van der Waals surface area contributed by atoms with Crippen LogP contribution in [0.1, 0.15) is 63.8 Å². The predicted octanol–water partition coefficient (Wildman–Crippen LogP) is 4.17. The fraction of sp³-hybridized carbons (Fsp3) is 0.400. The van der Waals surface area contributed by atoms with Crippen LogP contribution in [0.3, 0.4) is 0 Å². The average Bonchev–Trinajstić information content (AvgIpc) is 3.05. The van der Waals surface area contributed by atoms with Gasteiger partial charge in [-0.1, -0.05) is 12.1 Å². The Balaban J connectivity index is 1.63. The summed E-state index contributed by atoms with van der Waals surface area (Å²) in [6.07, 6.45) is 4.70. The summed E-state index contributed by atoms with van der Waals surface area (Å²) in [5.41, 5.74) is 4.07. The van der Waals surface area contributed by atoms with E-state index >= 15 is 0 Å². The molecule has 1 atom stereocenters. The molecule has 128 valence electrons. The number of nitrogens with zero attached hydrogens (tertiary/aromatic N) is 2. The third-order valence-electron chi connectivity index (χ3n) is 4.60. The van der Waals surface area contributed by atoms with E-state index in [2.05, 4.69) is 4.98 Å². The molecule has 4 nitrogen and oxygen atoms in total. The van der Waals surface area contributed by atoms with Crippen molar-refractivity contribution < 1.29 is 9.59 Å². The average molecular weight is 352 g/mol. The maximum atomic E-state index is 12.4. The number of Topliss-reactive ketones (excluding diaryl/α,β-unsaturated/α-hetero) is 2. The van der Waals surface area contributed by atoms with Gasteiger partial charge in [-0.2, -0.15) is 5.26 Å². The third-order valence-corrected chi connectivity index (χ3v) is 5.63. The summed E-state index contributed by atoms with van der Waals surface area (Å²) in [5.74, 6) is -1.13. The molecule has 2 aromatic rings. The number of fused-ring (bicyclic) bond motifs is 1. The lowest BCUT2D eigenvalue weighted by molar-refractivity contribution is -0.119.